The molecule has 1 N–H and O–H groups in total. The van der Waals surface area contributed by atoms with Gasteiger partial charge in [-0.2, -0.15) is 0 Å². The van der Waals surface area contributed by atoms with E-state index >= 15 is 0 Å². The van der Waals surface area contributed by atoms with Crippen molar-refractivity contribution in [3.05, 3.63) is 88.3 Å². The summed E-state index contributed by atoms with van der Waals surface area (Å²) in [5.74, 6) is 1.37. The topological polar surface area (TPSA) is 78.3 Å². The number of ether oxygens (including phenoxy) is 1. The predicted octanol–water partition coefficient (Wildman–Crippen LogP) is 5.14. The number of nitrogens with one attached hydrogen (secondary N) is 1. The van der Waals surface area contributed by atoms with Crippen LogP contribution in [0.15, 0.2) is 75.6 Å². The van der Waals surface area contributed by atoms with E-state index in [0.717, 1.165) is 55.1 Å². The average molecular weight is 584 g/mol. The van der Waals surface area contributed by atoms with E-state index in [-0.39, 0.29) is 18.5 Å². The second-order valence-electron chi connectivity index (χ2n) is 9.41. The van der Waals surface area contributed by atoms with Crippen molar-refractivity contribution in [2.24, 2.45) is 0 Å². The highest BCUT2D eigenvalue weighted by molar-refractivity contribution is 9.10. The molecule has 0 bridgehead atoms. The normalized spacial score (nSPS) is 13.7. The Balaban J connectivity index is 1.46. The SMILES string of the molecule is Cc1ccc(CN(Cc2ccccc2)C(=O)CN(CCCN2CCOCC2)C(=O)Nc2ccc(Br)cc2)o1. The number of carbonyl (C=O) groups is 2. The number of benzene rings is 2. The summed E-state index contributed by atoms with van der Waals surface area (Å²) in [6.07, 6.45) is 0.761. The number of morpholine rings is 1. The monoisotopic (exact) mass is 582 g/mol. The third kappa shape index (κ3) is 8.72. The maximum absolute atomic E-state index is 13.7. The fourth-order valence-corrected chi connectivity index (χ4v) is 4.62. The van der Waals surface area contributed by atoms with Gasteiger partial charge in [-0.3, -0.25) is 9.69 Å². The third-order valence-corrected chi connectivity index (χ3v) is 6.96. The van der Waals surface area contributed by atoms with Gasteiger partial charge in [0, 0.05) is 42.9 Å². The lowest BCUT2D eigenvalue weighted by Gasteiger charge is -2.30. The van der Waals surface area contributed by atoms with E-state index in [1.807, 2.05) is 73.7 Å². The quantitative estimate of drug-likeness (QED) is 0.339. The second kappa shape index (κ2) is 14.1. The van der Waals surface area contributed by atoms with Crippen molar-refractivity contribution in [2.45, 2.75) is 26.4 Å². The molecule has 8 nitrogen and oxygen atoms in total. The number of hydrogen-bond acceptors (Lipinski definition) is 5. The van der Waals surface area contributed by atoms with Gasteiger partial charge in [0.1, 0.15) is 18.1 Å². The number of anilines is 1. The number of aryl methyl sites for hydroxylation is 1. The molecule has 3 amide bonds. The van der Waals surface area contributed by atoms with Crippen LogP contribution in [-0.4, -0.2) is 72.6 Å². The Morgan fingerprint density at radius 1 is 0.947 bits per heavy atom. The van der Waals surface area contributed by atoms with Gasteiger partial charge in [-0.05, 0) is 55.3 Å². The Bertz CT molecular complexity index is 1160. The molecule has 1 aliphatic heterocycles. The van der Waals surface area contributed by atoms with Crippen molar-refractivity contribution >= 4 is 33.6 Å². The first-order chi connectivity index (χ1) is 18.5. The lowest BCUT2D eigenvalue weighted by atomic mass is 10.2. The summed E-state index contributed by atoms with van der Waals surface area (Å²) < 4.78 is 12.1. The number of urea groups is 1. The first kappa shape index (κ1) is 27.9. The summed E-state index contributed by atoms with van der Waals surface area (Å²) >= 11 is 3.42. The zero-order chi connectivity index (χ0) is 26.7. The number of halogens is 1. The molecule has 1 fully saturated rings. The van der Waals surface area contributed by atoms with Crippen molar-refractivity contribution in [2.75, 3.05) is 51.3 Å². The van der Waals surface area contributed by atoms with E-state index in [0.29, 0.717) is 31.1 Å². The van der Waals surface area contributed by atoms with Crippen LogP contribution in [0.4, 0.5) is 10.5 Å². The molecule has 1 aromatic heterocycles. The van der Waals surface area contributed by atoms with Gasteiger partial charge in [-0.1, -0.05) is 46.3 Å². The smallest absolute Gasteiger partial charge is 0.322 e. The van der Waals surface area contributed by atoms with Crippen LogP contribution < -0.4 is 5.32 Å². The van der Waals surface area contributed by atoms with Gasteiger partial charge in [0.15, 0.2) is 0 Å². The van der Waals surface area contributed by atoms with Crippen molar-refractivity contribution in [1.29, 1.82) is 0 Å². The zero-order valence-electron chi connectivity index (χ0n) is 21.8. The summed E-state index contributed by atoms with van der Waals surface area (Å²) in [5, 5.41) is 2.95. The highest BCUT2D eigenvalue weighted by atomic mass is 79.9. The molecule has 0 radical (unpaired) electrons. The lowest BCUT2D eigenvalue weighted by Crippen LogP contribution is -2.45. The van der Waals surface area contributed by atoms with Gasteiger partial charge in [0.2, 0.25) is 5.91 Å². The van der Waals surface area contributed by atoms with Crippen LogP contribution in [0.2, 0.25) is 0 Å². The van der Waals surface area contributed by atoms with Gasteiger partial charge in [0.25, 0.3) is 0 Å². The van der Waals surface area contributed by atoms with Gasteiger partial charge >= 0.3 is 6.03 Å². The van der Waals surface area contributed by atoms with Crippen molar-refractivity contribution in [3.8, 4) is 0 Å². The number of rotatable bonds is 11. The summed E-state index contributed by atoms with van der Waals surface area (Å²) in [4.78, 5) is 32.7. The Labute approximate surface area is 232 Å². The average Bonchev–Trinajstić information content (AvgIpc) is 3.34. The molecule has 0 saturated carbocycles. The standard InChI is InChI=1S/C29H35BrN4O4/c1-23-8-13-27(38-23)21-34(20-24-6-3-2-4-7-24)28(35)22-33(15-5-14-32-16-18-37-19-17-32)29(36)31-26-11-9-25(30)10-12-26/h2-4,6-13H,5,14-22H2,1H3,(H,31,36). The fourth-order valence-electron chi connectivity index (χ4n) is 4.36. The van der Waals surface area contributed by atoms with Crippen LogP contribution in [0.25, 0.3) is 0 Å². The Morgan fingerprint density at radius 2 is 1.68 bits per heavy atom. The van der Waals surface area contributed by atoms with Crippen LogP contribution in [0.5, 0.6) is 0 Å². The molecule has 2 heterocycles. The fraction of sp³-hybridized carbons (Fsp3) is 0.379. The molecule has 2 aromatic carbocycles. The molecule has 1 aliphatic rings. The van der Waals surface area contributed by atoms with E-state index in [2.05, 4.69) is 26.1 Å². The van der Waals surface area contributed by atoms with Crippen LogP contribution in [0.1, 0.15) is 23.5 Å². The second-order valence-corrected chi connectivity index (χ2v) is 10.3. The highest BCUT2D eigenvalue weighted by Crippen LogP contribution is 2.16. The molecule has 202 valence electrons. The number of nitrogens with zero attached hydrogens (tertiary/aromatic N) is 3. The van der Waals surface area contributed by atoms with E-state index < -0.39 is 0 Å². The van der Waals surface area contributed by atoms with Crippen LogP contribution in [-0.2, 0) is 22.6 Å². The molecule has 4 rings (SSSR count). The molecule has 3 aromatic rings. The molecule has 0 atom stereocenters. The Kier molecular flexibility index (Phi) is 10.4. The van der Waals surface area contributed by atoms with E-state index in [4.69, 9.17) is 9.15 Å². The molecule has 38 heavy (non-hydrogen) atoms. The minimum atomic E-state index is -0.295. The largest absolute Gasteiger partial charge is 0.464 e. The Hall–Kier alpha value is -3.14. The zero-order valence-corrected chi connectivity index (χ0v) is 23.4. The van der Waals surface area contributed by atoms with Crippen LogP contribution >= 0.6 is 15.9 Å². The number of furan rings is 1. The van der Waals surface area contributed by atoms with Gasteiger partial charge in [-0.25, -0.2) is 4.79 Å². The van der Waals surface area contributed by atoms with E-state index in [1.165, 1.54) is 0 Å². The molecule has 0 spiro atoms. The summed E-state index contributed by atoms with van der Waals surface area (Å²) in [7, 11) is 0. The van der Waals surface area contributed by atoms with Gasteiger partial charge in [-0.15, -0.1) is 0 Å². The summed E-state index contributed by atoms with van der Waals surface area (Å²) in [5.41, 5.74) is 1.69. The predicted molar refractivity (Wildman–Crippen MR) is 151 cm³/mol. The molecular formula is C29H35BrN4O4. The summed E-state index contributed by atoms with van der Waals surface area (Å²) in [6.45, 7) is 7.15. The third-order valence-electron chi connectivity index (χ3n) is 6.43. The minimum absolute atomic E-state index is 0.0298. The maximum atomic E-state index is 13.7. The highest BCUT2D eigenvalue weighted by Gasteiger charge is 2.23. The first-order valence-electron chi connectivity index (χ1n) is 12.9. The van der Waals surface area contributed by atoms with Crippen LogP contribution in [0.3, 0.4) is 0 Å². The molecule has 0 unspecified atom stereocenters. The van der Waals surface area contributed by atoms with Gasteiger partial charge < -0.3 is 24.3 Å². The van der Waals surface area contributed by atoms with Crippen LogP contribution in [0, 0.1) is 6.92 Å². The van der Waals surface area contributed by atoms with Gasteiger partial charge in [0.05, 0.1) is 19.8 Å². The summed E-state index contributed by atoms with van der Waals surface area (Å²) in [6, 6.07) is 20.7. The van der Waals surface area contributed by atoms with Crippen molar-refractivity contribution in [3.63, 3.8) is 0 Å². The molecular weight excluding hydrogens is 548 g/mol. The maximum Gasteiger partial charge on any atom is 0.322 e. The van der Waals surface area contributed by atoms with Crippen molar-refractivity contribution in [1.82, 2.24) is 14.7 Å². The van der Waals surface area contributed by atoms with E-state index in [9.17, 15) is 9.59 Å². The number of hydrogen-bond donors (Lipinski definition) is 1. The van der Waals surface area contributed by atoms with Crippen molar-refractivity contribution < 1.29 is 18.7 Å². The molecule has 0 aliphatic carbocycles. The van der Waals surface area contributed by atoms with E-state index in [1.54, 1.807) is 9.80 Å². The molecule has 1 saturated heterocycles. The Morgan fingerprint density at radius 3 is 2.37 bits per heavy atom. The molecule has 9 heteroatoms. The number of carbonyl (C=O) groups excluding carboxylic acids is 2. The lowest BCUT2D eigenvalue weighted by molar-refractivity contribution is -0.133. The minimum Gasteiger partial charge on any atom is -0.464 e. The first-order valence-corrected chi connectivity index (χ1v) is 13.7. The number of amides is 3.